The second kappa shape index (κ2) is 12.7. The first kappa shape index (κ1) is 21.2. The SMILES string of the molecule is CCCCCC/C(=C\CCCCCCCC(=O)O)S(C)(=O)=O. The van der Waals surface area contributed by atoms with E-state index in [1.54, 1.807) is 0 Å². The van der Waals surface area contributed by atoms with Crippen molar-refractivity contribution in [1.29, 1.82) is 0 Å². The lowest BCUT2D eigenvalue weighted by Crippen LogP contribution is -2.01. The molecule has 130 valence electrons. The van der Waals surface area contributed by atoms with Gasteiger partial charge >= 0.3 is 5.97 Å². The van der Waals surface area contributed by atoms with Crippen molar-refractivity contribution in [1.82, 2.24) is 0 Å². The highest BCUT2D eigenvalue weighted by molar-refractivity contribution is 7.94. The van der Waals surface area contributed by atoms with Gasteiger partial charge in [-0.1, -0.05) is 51.5 Å². The number of unbranched alkanes of at least 4 members (excludes halogenated alkanes) is 8. The molecule has 0 heterocycles. The van der Waals surface area contributed by atoms with Crippen molar-refractivity contribution in [2.24, 2.45) is 0 Å². The highest BCUT2D eigenvalue weighted by atomic mass is 32.2. The molecule has 0 rings (SSSR count). The number of hydrogen-bond acceptors (Lipinski definition) is 3. The van der Waals surface area contributed by atoms with Crippen LogP contribution in [0, 0.1) is 0 Å². The molecular formula is C17H32O4S. The molecule has 0 aromatic heterocycles. The van der Waals surface area contributed by atoms with E-state index in [4.69, 9.17) is 5.11 Å². The van der Waals surface area contributed by atoms with Gasteiger partial charge in [0.05, 0.1) is 0 Å². The van der Waals surface area contributed by atoms with Crippen molar-refractivity contribution in [3.8, 4) is 0 Å². The third-order valence-corrected chi connectivity index (χ3v) is 5.04. The summed E-state index contributed by atoms with van der Waals surface area (Å²) in [6.45, 7) is 2.14. The van der Waals surface area contributed by atoms with Crippen molar-refractivity contribution >= 4 is 15.8 Å². The van der Waals surface area contributed by atoms with Crippen molar-refractivity contribution in [3.05, 3.63) is 11.0 Å². The molecule has 0 saturated heterocycles. The Hall–Kier alpha value is -0.840. The van der Waals surface area contributed by atoms with Crippen LogP contribution >= 0.6 is 0 Å². The topological polar surface area (TPSA) is 71.4 Å². The minimum absolute atomic E-state index is 0.246. The van der Waals surface area contributed by atoms with Crippen LogP contribution in [0.2, 0.25) is 0 Å². The maximum Gasteiger partial charge on any atom is 0.303 e. The normalized spacial score (nSPS) is 12.5. The summed E-state index contributed by atoms with van der Waals surface area (Å²) >= 11 is 0. The number of carboxylic acid groups (broad SMARTS) is 1. The van der Waals surface area contributed by atoms with E-state index in [0.29, 0.717) is 11.3 Å². The van der Waals surface area contributed by atoms with E-state index in [0.717, 1.165) is 64.2 Å². The zero-order valence-electron chi connectivity index (χ0n) is 14.1. The molecule has 0 amide bonds. The van der Waals surface area contributed by atoms with E-state index in [2.05, 4.69) is 6.92 Å². The molecule has 0 aromatic carbocycles. The van der Waals surface area contributed by atoms with Crippen LogP contribution in [0.4, 0.5) is 0 Å². The van der Waals surface area contributed by atoms with Crippen molar-refractivity contribution in [2.45, 2.75) is 84.0 Å². The molecule has 1 N–H and O–H groups in total. The molecular weight excluding hydrogens is 300 g/mol. The lowest BCUT2D eigenvalue weighted by Gasteiger charge is -2.06. The number of carbonyl (C=O) groups is 1. The summed E-state index contributed by atoms with van der Waals surface area (Å²) in [6, 6.07) is 0. The first-order chi connectivity index (χ1) is 10.4. The van der Waals surface area contributed by atoms with Gasteiger partial charge < -0.3 is 5.11 Å². The smallest absolute Gasteiger partial charge is 0.303 e. The van der Waals surface area contributed by atoms with Crippen LogP contribution in [0.1, 0.15) is 84.0 Å². The summed E-state index contributed by atoms with van der Waals surface area (Å²) in [5.74, 6) is -0.733. The third kappa shape index (κ3) is 12.9. The molecule has 0 aromatic rings. The molecule has 0 saturated carbocycles. The van der Waals surface area contributed by atoms with Crippen molar-refractivity contribution in [3.63, 3.8) is 0 Å². The molecule has 4 nitrogen and oxygen atoms in total. The molecule has 0 aliphatic carbocycles. The molecule has 0 atom stereocenters. The van der Waals surface area contributed by atoms with Gasteiger partial charge in [0.1, 0.15) is 0 Å². The first-order valence-electron chi connectivity index (χ1n) is 8.48. The van der Waals surface area contributed by atoms with Gasteiger partial charge in [-0.3, -0.25) is 4.79 Å². The first-order valence-corrected chi connectivity index (χ1v) is 10.4. The summed E-state index contributed by atoms with van der Waals surface area (Å²) in [4.78, 5) is 11.0. The number of carboxylic acids is 1. The van der Waals surface area contributed by atoms with Gasteiger partial charge in [-0.25, -0.2) is 8.42 Å². The van der Waals surface area contributed by atoms with E-state index in [1.807, 2.05) is 6.08 Å². The molecule has 5 heteroatoms. The van der Waals surface area contributed by atoms with Crippen LogP contribution in [0.3, 0.4) is 0 Å². The lowest BCUT2D eigenvalue weighted by atomic mass is 10.1. The zero-order chi connectivity index (χ0) is 16.8. The Bertz CT molecular complexity index is 424. The highest BCUT2D eigenvalue weighted by Crippen LogP contribution is 2.17. The average Bonchev–Trinajstić information content (AvgIpc) is 2.42. The van der Waals surface area contributed by atoms with E-state index in [9.17, 15) is 13.2 Å². The lowest BCUT2D eigenvalue weighted by molar-refractivity contribution is -0.137. The summed E-state index contributed by atoms with van der Waals surface area (Å²) < 4.78 is 23.5. The predicted octanol–water partition coefficient (Wildman–Crippen LogP) is 4.70. The number of aliphatic carboxylic acids is 1. The van der Waals surface area contributed by atoms with Gasteiger partial charge in [-0.05, 0) is 32.1 Å². The molecule has 0 aliphatic rings. The van der Waals surface area contributed by atoms with Crippen molar-refractivity contribution in [2.75, 3.05) is 6.26 Å². The quantitative estimate of drug-likeness (QED) is 0.468. The molecule has 0 radical (unpaired) electrons. The number of allylic oxidation sites excluding steroid dienone is 2. The van der Waals surface area contributed by atoms with Gasteiger partial charge in [0.15, 0.2) is 9.84 Å². The van der Waals surface area contributed by atoms with E-state index in [-0.39, 0.29) is 6.42 Å². The van der Waals surface area contributed by atoms with Gasteiger partial charge in [0.2, 0.25) is 0 Å². The Morgan fingerprint density at radius 2 is 1.45 bits per heavy atom. The zero-order valence-corrected chi connectivity index (χ0v) is 15.0. The monoisotopic (exact) mass is 332 g/mol. The number of hydrogen-bond donors (Lipinski definition) is 1. The molecule has 0 aliphatic heterocycles. The van der Waals surface area contributed by atoms with E-state index >= 15 is 0 Å². The number of rotatable bonds is 14. The van der Waals surface area contributed by atoms with Crippen LogP contribution in [-0.4, -0.2) is 25.7 Å². The third-order valence-electron chi connectivity index (χ3n) is 3.72. The number of sulfone groups is 1. The van der Waals surface area contributed by atoms with Gasteiger partial charge in [-0.2, -0.15) is 0 Å². The van der Waals surface area contributed by atoms with Crippen molar-refractivity contribution < 1.29 is 18.3 Å². The van der Waals surface area contributed by atoms with Crippen LogP contribution < -0.4 is 0 Å². The second-order valence-electron chi connectivity index (χ2n) is 5.95. The Morgan fingerprint density at radius 1 is 0.909 bits per heavy atom. The van der Waals surface area contributed by atoms with Crippen LogP contribution in [0.15, 0.2) is 11.0 Å². The molecule has 22 heavy (non-hydrogen) atoms. The largest absolute Gasteiger partial charge is 0.481 e. The van der Waals surface area contributed by atoms with E-state index in [1.165, 1.54) is 6.26 Å². The fraction of sp³-hybridized carbons (Fsp3) is 0.824. The maximum atomic E-state index is 11.7. The Morgan fingerprint density at radius 3 is 2.05 bits per heavy atom. The van der Waals surface area contributed by atoms with Gasteiger partial charge in [0.25, 0.3) is 0 Å². The summed E-state index contributed by atoms with van der Waals surface area (Å²) in [7, 11) is -3.07. The predicted molar refractivity (Wildman–Crippen MR) is 91.6 cm³/mol. The molecule has 0 fully saturated rings. The standard InChI is InChI=1S/C17H32O4S/c1-3-4-5-10-13-16(22(2,20)21)14-11-8-6-7-9-12-15-17(18)19/h14H,3-13,15H2,1-2H3,(H,18,19)/b16-14+. The summed E-state index contributed by atoms with van der Waals surface area (Å²) in [6.07, 6.45) is 13.9. The summed E-state index contributed by atoms with van der Waals surface area (Å²) in [5, 5.41) is 8.53. The Balaban J connectivity index is 3.93. The maximum absolute atomic E-state index is 11.7. The van der Waals surface area contributed by atoms with Gasteiger partial charge in [-0.15, -0.1) is 0 Å². The minimum Gasteiger partial charge on any atom is -0.481 e. The van der Waals surface area contributed by atoms with Crippen LogP contribution in [0.25, 0.3) is 0 Å². The molecule has 0 unspecified atom stereocenters. The minimum atomic E-state index is -3.07. The van der Waals surface area contributed by atoms with E-state index < -0.39 is 15.8 Å². The second-order valence-corrected chi connectivity index (χ2v) is 8.02. The Kier molecular flexibility index (Phi) is 12.2. The Labute approximate surface area is 135 Å². The van der Waals surface area contributed by atoms with Crippen LogP contribution in [0.5, 0.6) is 0 Å². The average molecular weight is 333 g/mol. The van der Waals surface area contributed by atoms with Gasteiger partial charge in [0, 0.05) is 17.6 Å². The molecule has 0 bridgehead atoms. The molecule has 0 spiro atoms. The fourth-order valence-corrected chi connectivity index (χ4v) is 3.31. The fourth-order valence-electron chi connectivity index (χ4n) is 2.38. The highest BCUT2D eigenvalue weighted by Gasteiger charge is 2.10. The van der Waals surface area contributed by atoms with Crippen LogP contribution in [-0.2, 0) is 14.6 Å². The summed E-state index contributed by atoms with van der Waals surface area (Å²) in [5.41, 5.74) is 0.